The van der Waals surface area contributed by atoms with Crippen LogP contribution in [-0.2, 0) is 14.3 Å². The summed E-state index contributed by atoms with van der Waals surface area (Å²) in [5.74, 6) is -0.934. The Bertz CT molecular complexity index is 1010. The highest BCUT2D eigenvalue weighted by Crippen LogP contribution is 2.38. The summed E-state index contributed by atoms with van der Waals surface area (Å²) < 4.78 is 4.92. The number of methoxy groups -OCH3 is 1. The monoisotopic (exact) mass is 433 g/mol. The normalized spacial score (nSPS) is 15.5. The maximum absolute atomic E-state index is 13.3. The van der Waals surface area contributed by atoms with Crippen LogP contribution in [-0.4, -0.2) is 25.2 Å². The van der Waals surface area contributed by atoms with Gasteiger partial charge in [0.05, 0.1) is 23.9 Å². The number of thioether (sulfide) groups is 1. The van der Waals surface area contributed by atoms with Gasteiger partial charge in [0.15, 0.2) is 0 Å². The minimum absolute atomic E-state index is 0.189. The number of amides is 1. The molecule has 0 saturated carbocycles. The third-order valence-corrected chi connectivity index (χ3v) is 5.77. The molecule has 144 valence electrons. The van der Waals surface area contributed by atoms with Crippen molar-refractivity contribution in [2.24, 2.45) is 0 Å². The Kier molecular flexibility index (Phi) is 6.18. The van der Waals surface area contributed by atoms with Crippen molar-refractivity contribution in [3.63, 3.8) is 0 Å². The predicted molar refractivity (Wildman–Crippen MR) is 115 cm³/mol. The van der Waals surface area contributed by atoms with Gasteiger partial charge in [-0.2, -0.15) is 0 Å². The zero-order valence-electron chi connectivity index (χ0n) is 15.5. The molecule has 1 amide bonds. The Morgan fingerprint density at radius 1 is 1.14 bits per heavy atom. The van der Waals surface area contributed by atoms with E-state index in [2.05, 4.69) is 0 Å². The van der Waals surface area contributed by atoms with Gasteiger partial charge in [-0.25, -0.2) is 4.79 Å². The molecule has 0 bridgehead atoms. The molecule has 0 fully saturated rings. The van der Waals surface area contributed by atoms with Crippen LogP contribution in [0.15, 0.2) is 64.2 Å². The van der Waals surface area contributed by atoms with Crippen molar-refractivity contribution >= 4 is 58.6 Å². The van der Waals surface area contributed by atoms with Crippen LogP contribution in [0.4, 0.5) is 5.69 Å². The van der Waals surface area contributed by atoms with E-state index in [9.17, 15) is 9.59 Å². The number of hydrogen-bond donors (Lipinski definition) is 0. The van der Waals surface area contributed by atoms with E-state index in [1.807, 2.05) is 30.5 Å². The number of esters is 1. The molecular weight excluding hydrogens is 417 g/mol. The lowest BCUT2D eigenvalue weighted by Crippen LogP contribution is -2.24. The number of anilines is 1. The zero-order valence-corrected chi connectivity index (χ0v) is 17.8. The Hall–Kier alpha value is -2.21. The van der Waals surface area contributed by atoms with E-state index in [0.717, 1.165) is 4.90 Å². The van der Waals surface area contributed by atoms with Crippen LogP contribution in [0.5, 0.6) is 0 Å². The molecule has 0 aliphatic carbocycles. The van der Waals surface area contributed by atoms with E-state index in [0.29, 0.717) is 27.0 Å². The van der Waals surface area contributed by atoms with Gasteiger partial charge in [0.25, 0.3) is 5.91 Å². The van der Waals surface area contributed by atoms with E-state index >= 15 is 0 Å². The minimum Gasteiger partial charge on any atom is -0.465 e. The van der Waals surface area contributed by atoms with Crippen molar-refractivity contribution in [3.8, 4) is 0 Å². The standard InChI is InChI=1S/C21H17Cl2NO3S/c1-12-19(21(26)27-2)16(11-15-17(22)8-5-9-18(15)23)20(25)24(12)13-6-4-7-14(10-13)28-3/h4-11H,1-3H3/b16-11-. The van der Waals surface area contributed by atoms with Crippen molar-refractivity contribution < 1.29 is 14.3 Å². The van der Waals surface area contributed by atoms with Crippen molar-refractivity contribution in [2.75, 3.05) is 18.3 Å². The molecule has 1 aliphatic heterocycles. The number of benzene rings is 2. The van der Waals surface area contributed by atoms with E-state index in [1.165, 1.54) is 12.0 Å². The fourth-order valence-electron chi connectivity index (χ4n) is 3.03. The minimum atomic E-state index is -0.594. The lowest BCUT2D eigenvalue weighted by atomic mass is 10.0. The number of nitrogens with zero attached hydrogens (tertiary/aromatic N) is 1. The van der Waals surface area contributed by atoms with Crippen LogP contribution in [0.25, 0.3) is 6.08 Å². The Labute approximate surface area is 177 Å². The third kappa shape index (κ3) is 3.70. The predicted octanol–water partition coefficient (Wildman–Crippen LogP) is 5.59. The quantitative estimate of drug-likeness (QED) is 0.358. The van der Waals surface area contributed by atoms with Crippen molar-refractivity contribution in [2.45, 2.75) is 11.8 Å². The van der Waals surface area contributed by atoms with E-state index < -0.39 is 5.97 Å². The zero-order chi connectivity index (χ0) is 20.4. The second-order valence-electron chi connectivity index (χ2n) is 5.99. The number of halogens is 2. The summed E-state index contributed by atoms with van der Waals surface area (Å²) >= 11 is 14.1. The molecule has 0 N–H and O–H groups in total. The van der Waals surface area contributed by atoms with Gasteiger partial charge in [-0.1, -0.05) is 35.3 Å². The molecule has 0 unspecified atom stereocenters. The van der Waals surface area contributed by atoms with Crippen molar-refractivity contribution in [1.29, 1.82) is 0 Å². The van der Waals surface area contributed by atoms with Crippen LogP contribution >= 0.6 is 35.0 Å². The number of carbonyl (C=O) groups excluding carboxylic acids is 2. The van der Waals surface area contributed by atoms with Crippen LogP contribution in [0.3, 0.4) is 0 Å². The first kappa shape index (κ1) is 20.5. The topological polar surface area (TPSA) is 46.6 Å². The molecule has 28 heavy (non-hydrogen) atoms. The molecule has 0 aromatic heterocycles. The fraction of sp³-hybridized carbons (Fsp3) is 0.143. The number of rotatable bonds is 4. The number of ether oxygens (including phenoxy) is 1. The lowest BCUT2D eigenvalue weighted by molar-refractivity contribution is -0.136. The first-order chi connectivity index (χ1) is 13.4. The van der Waals surface area contributed by atoms with Crippen molar-refractivity contribution in [3.05, 3.63) is 74.9 Å². The van der Waals surface area contributed by atoms with Gasteiger partial charge in [-0.3, -0.25) is 9.69 Å². The molecule has 2 aromatic carbocycles. The van der Waals surface area contributed by atoms with Crippen LogP contribution in [0, 0.1) is 0 Å². The summed E-state index contributed by atoms with van der Waals surface area (Å²) in [5, 5.41) is 0.773. The van der Waals surface area contributed by atoms with Gasteiger partial charge in [-0.05, 0) is 49.6 Å². The summed E-state index contributed by atoms with van der Waals surface area (Å²) in [7, 11) is 1.28. The molecule has 4 nitrogen and oxygen atoms in total. The maximum Gasteiger partial charge on any atom is 0.340 e. The van der Waals surface area contributed by atoms with Gasteiger partial charge in [0, 0.05) is 26.2 Å². The van der Waals surface area contributed by atoms with Gasteiger partial charge in [0.2, 0.25) is 0 Å². The summed E-state index contributed by atoms with van der Waals surface area (Å²) in [4.78, 5) is 28.3. The molecule has 0 spiro atoms. The highest BCUT2D eigenvalue weighted by atomic mass is 35.5. The van der Waals surface area contributed by atoms with Crippen LogP contribution in [0.2, 0.25) is 10.0 Å². The lowest BCUT2D eigenvalue weighted by Gasteiger charge is -2.18. The number of hydrogen-bond acceptors (Lipinski definition) is 4. The van der Waals surface area contributed by atoms with E-state index in [1.54, 1.807) is 43.0 Å². The van der Waals surface area contributed by atoms with Crippen LogP contribution in [0.1, 0.15) is 12.5 Å². The second-order valence-corrected chi connectivity index (χ2v) is 7.68. The molecule has 1 heterocycles. The van der Waals surface area contributed by atoms with Crippen molar-refractivity contribution in [1.82, 2.24) is 0 Å². The van der Waals surface area contributed by atoms with E-state index in [4.69, 9.17) is 27.9 Å². The Morgan fingerprint density at radius 2 is 1.79 bits per heavy atom. The molecule has 0 atom stereocenters. The molecule has 0 radical (unpaired) electrons. The summed E-state index contributed by atoms with van der Waals surface area (Å²) in [6.45, 7) is 1.71. The molecular formula is C21H17Cl2NO3S. The van der Waals surface area contributed by atoms with Gasteiger partial charge < -0.3 is 4.74 Å². The highest BCUT2D eigenvalue weighted by Gasteiger charge is 2.38. The molecule has 2 aromatic rings. The average molecular weight is 434 g/mol. The SMILES string of the molecule is COC(=O)C1=C(C)N(c2cccc(SC)c2)C(=O)/C1=C\c1c(Cl)cccc1Cl. The second kappa shape index (κ2) is 8.43. The molecule has 7 heteroatoms. The van der Waals surface area contributed by atoms with Gasteiger partial charge >= 0.3 is 5.97 Å². The number of carbonyl (C=O) groups is 2. The molecule has 0 saturated heterocycles. The summed E-state index contributed by atoms with van der Waals surface area (Å²) in [5.41, 5.74) is 2.02. The van der Waals surface area contributed by atoms with E-state index in [-0.39, 0.29) is 17.1 Å². The average Bonchev–Trinajstić information content (AvgIpc) is 2.94. The first-order valence-electron chi connectivity index (χ1n) is 8.32. The Balaban J connectivity index is 2.19. The maximum atomic E-state index is 13.3. The highest BCUT2D eigenvalue weighted by molar-refractivity contribution is 7.98. The summed E-state index contributed by atoms with van der Waals surface area (Å²) in [6, 6.07) is 12.6. The first-order valence-corrected chi connectivity index (χ1v) is 10.3. The molecule has 3 rings (SSSR count). The molecule has 1 aliphatic rings. The Morgan fingerprint density at radius 3 is 2.39 bits per heavy atom. The van der Waals surface area contributed by atoms with Gasteiger partial charge in [-0.15, -0.1) is 11.8 Å². The largest absolute Gasteiger partial charge is 0.465 e. The van der Waals surface area contributed by atoms with Crippen LogP contribution < -0.4 is 4.90 Å². The third-order valence-electron chi connectivity index (χ3n) is 4.39. The summed E-state index contributed by atoms with van der Waals surface area (Å²) in [6.07, 6.45) is 3.50. The smallest absolute Gasteiger partial charge is 0.340 e. The number of allylic oxidation sites excluding steroid dienone is 1. The fourth-order valence-corrected chi connectivity index (χ4v) is 3.99. The van der Waals surface area contributed by atoms with Gasteiger partial charge in [0.1, 0.15) is 0 Å².